The zero-order chi connectivity index (χ0) is 21.8. The summed E-state index contributed by atoms with van der Waals surface area (Å²) in [7, 11) is -2.21. The van der Waals surface area contributed by atoms with Gasteiger partial charge in [-0.05, 0) is 39.0 Å². The minimum Gasteiger partial charge on any atom is -0.456 e. The van der Waals surface area contributed by atoms with Crippen molar-refractivity contribution >= 4 is 38.4 Å². The summed E-state index contributed by atoms with van der Waals surface area (Å²) in [6, 6.07) is 5.53. The molecule has 158 valence electrons. The number of hydrogen-bond acceptors (Lipinski definition) is 7. The summed E-state index contributed by atoms with van der Waals surface area (Å²) in [5.74, 6) is -0.766. The van der Waals surface area contributed by atoms with Crippen molar-refractivity contribution in [2.24, 2.45) is 0 Å². The zero-order valence-electron chi connectivity index (χ0n) is 17.1. The average molecular weight is 440 g/mol. The summed E-state index contributed by atoms with van der Waals surface area (Å²) in [6.07, 6.45) is 0. The van der Waals surface area contributed by atoms with E-state index in [2.05, 4.69) is 4.98 Å². The lowest BCUT2D eigenvalue weighted by Crippen LogP contribution is -2.33. The van der Waals surface area contributed by atoms with Crippen LogP contribution >= 0.6 is 11.3 Å². The van der Waals surface area contributed by atoms with E-state index < -0.39 is 16.0 Å². The second-order valence-electron chi connectivity index (χ2n) is 6.60. The first-order chi connectivity index (χ1) is 13.6. The van der Waals surface area contributed by atoms with Crippen LogP contribution in [0.5, 0.6) is 0 Å². The number of rotatable bonds is 8. The number of hydrogen-bond donors (Lipinski definition) is 0. The van der Waals surface area contributed by atoms with Gasteiger partial charge in [-0.25, -0.2) is 18.2 Å². The van der Waals surface area contributed by atoms with Crippen LogP contribution in [0.3, 0.4) is 0 Å². The van der Waals surface area contributed by atoms with Gasteiger partial charge in [0.1, 0.15) is 6.61 Å². The number of nitrogens with zero attached hydrogens (tertiary/aromatic N) is 3. The van der Waals surface area contributed by atoms with Crippen molar-refractivity contribution < 1.29 is 22.7 Å². The molecule has 0 aliphatic rings. The number of carbonyl (C=O) groups is 2. The highest BCUT2D eigenvalue weighted by molar-refractivity contribution is 7.89. The number of aromatic nitrogens is 1. The number of benzene rings is 1. The molecule has 10 heteroatoms. The Bertz CT molecular complexity index is 985. The zero-order valence-corrected chi connectivity index (χ0v) is 18.7. The number of thiazole rings is 1. The molecule has 1 aromatic heterocycles. The number of anilines is 1. The SMILES string of the molecule is CCN(C(C)=O)c1nc(COC(=O)c2cccc(S(=O)(=O)N(C)C(C)C)c2)cs1. The van der Waals surface area contributed by atoms with Crippen molar-refractivity contribution in [1.29, 1.82) is 0 Å². The molecular formula is C19H25N3O5S2. The van der Waals surface area contributed by atoms with E-state index in [4.69, 9.17) is 4.74 Å². The maximum atomic E-state index is 12.6. The molecular weight excluding hydrogens is 414 g/mol. The van der Waals surface area contributed by atoms with Crippen LogP contribution in [-0.2, 0) is 26.2 Å². The van der Waals surface area contributed by atoms with E-state index in [1.807, 2.05) is 6.92 Å². The third-order valence-electron chi connectivity index (χ3n) is 4.29. The van der Waals surface area contributed by atoms with Crippen LogP contribution in [0.25, 0.3) is 0 Å². The Morgan fingerprint density at radius 2 is 1.97 bits per heavy atom. The molecule has 29 heavy (non-hydrogen) atoms. The van der Waals surface area contributed by atoms with Crippen LogP contribution in [0.2, 0.25) is 0 Å². The predicted molar refractivity (Wildman–Crippen MR) is 111 cm³/mol. The first-order valence-corrected chi connectivity index (χ1v) is 11.4. The van der Waals surface area contributed by atoms with Crippen molar-refractivity contribution in [3.8, 4) is 0 Å². The van der Waals surface area contributed by atoms with Gasteiger partial charge in [0.2, 0.25) is 15.9 Å². The van der Waals surface area contributed by atoms with Gasteiger partial charge in [0.25, 0.3) is 0 Å². The first kappa shape index (κ1) is 23.0. The Labute approximate surface area is 175 Å². The van der Waals surface area contributed by atoms with Gasteiger partial charge in [0.15, 0.2) is 5.13 Å². The number of ether oxygens (including phenoxy) is 1. The van der Waals surface area contributed by atoms with Crippen LogP contribution in [0.1, 0.15) is 43.7 Å². The molecule has 0 spiro atoms. The largest absolute Gasteiger partial charge is 0.456 e. The van der Waals surface area contributed by atoms with E-state index in [9.17, 15) is 18.0 Å². The third-order valence-corrected chi connectivity index (χ3v) is 7.23. The van der Waals surface area contributed by atoms with Crippen molar-refractivity contribution in [3.05, 3.63) is 40.9 Å². The summed E-state index contributed by atoms with van der Waals surface area (Å²) in [4.78, 5) is 29.8. The standard InChI is InChI=1S/C19H25N3O5S2/c1-6-22(14(4)23)19-20-16(12-28-19)11-27-18(24)15-8-7-9-17(10-15)29(25,26)21(5)13(2)3/h7-10,12-13H,6,11H2,1-5H3. The summed E-state index contributed by atoms with van der Waals surface area (Å²) >= 11 is 1.29. The van der Waals surface area contributed by atoms with Crippen molar-refractivity contribution in [2.45, 2.75) is 45.2 Å². The topological polar surface area (TPSA) is 96.9 Å². The normalized spacial score (nSPS) is 11.7. The Kier molecular flexibility index (Phi) is 7.50. The lowest BCUT2D eigenvalue weighted by molar-refractivity contribution is -0.116. The summed E-state index contributed by atoms with van der Waals surface area (Å²) in [5, 5.41) is 2.25. The quantitative estimate of drug-likeness (QED) is 0.587. The van der Waals surface area contributed by atoms with Gasteiger partial charge in [-0.15, -0.1) is 11.3 Å². The molecule has 2 aromatic rings. The van der Waals surface area contributed by atoms with E-state index in [1.165, 1.54) is 58.8 Å². The van der Waals surface area contributed by atoms with E-state index in [1.54, 1.807) is 19.2 Å². The Balaban J connectivity index is 2.11. The molecule has 1 heterocycles. The molecule has 1 aromatic carbocycles. The van der Waals surface area contributed by atoms with Crippen LogP contribution in [0.15, 0.2) is 34.5 Å². The fourth-order valence-electron chi connectivity index (χ4n) is 2.43. The van der Waals surface area contributed by atoms with E-state index in [0.717, 1.165) is 0 Å². The highest BCUT2D eigenvalue weighted by Crippen LogP contribution is 2.22. The van der Waals surface area contributed by atoms with Gasteiger partial charge in [0, 0.05) is 31.9 Å². The molecule has 0 saturated heterocycles. The monoisotopic (exact) mass is 439 g/mol. The predicted octanol–water partition coefficient (Wildman–Crippen LogP) is 2.90. The molecule has 0 bridgehead atoms. The van der Waals surface area contributed by atoms with Gasteiger partial charge in [-0.3, -0.25) is 9.69 Å². The summed E-state index contributed by atoms with van der Waals surface area (Å²) < 4.78 is 31.7. The van der Waals surface area contributed by atoms with Crippen molar-refractivity contribution in [3.63, 3.8) is 0 Å². The summed E-state index contributed by atoms with van der Waals surface area (Å²) in [5.41, 5.74) is 0.652. The van der Waals surface area contributed by atoms with Crippen LogP contribution in [-0.4, -0.2) is 49.2 Å². The van der Waals surface area contributed by atoms with Gasteiger partial charge in [-0.1, -0.05) is 6.07 Å². The molecule has 0 aliphatic heterocycles. The second-order valence-corrected chi connectivity index (χ2v) is 9.44. The number of sulfonamides is 1. The van der Waals surface area contributed by atoms with Crippen LogP contribution in [0, 0.1) is 0 Å². The van der Waals surface area contributed by atoms with Crippen LogP contribution in [0.4, 0.5) is 5.13 Å². The molecule has 0 unspecified atom stereocenters. The molecule has 8 nitrogen and oxygen atoms in total. The molecule has 0 radical (unpaired) electrons. The highest BCUT2D eigenvalue weighted by Gasteiger charge is 2.24. The fraction of sp³-hybridized carbons (Fsp3) is 0.421. The fourth-order valence-corrected chi connectivity index (χ4v) is 4.76. The third kappa shape index (κ3) is 5.40. The Morgan fingerprint density at radius 1 is 1.28 bits per heavy atom. The maximum Gasteiger partial charge on any atom is 0.338 e. The number of esters is 1. The van der Waals surface area contributed by atoms with E-state index in [0.29, 0.717) is 17.4 Å². The molecule has 0 fully saturated rings. The minimum atomic E-state index is -3.70. The summed E-state index contributed by atoms with van der Waals surface area (Å²) in [6.45, 7) is 7.26. The number of amides is 1. The lowest BCUT2D eigenvalue weighted by atomic mass is 10.2. The second kappa shape index (κ2) is 9.47. The minimum absolute atomic E-state index is 0.0270. The lowest BCUT2D eigenvalue weighted by Gasteiger charge is -2.21. The molecule has 1 amide bonds. The van der Waals surface area contributed by atoms with Crippen molar-refractivity contribution in [2.75, 3.05) is 18.5 Å². The Hall–Kier alpha value is -2.30. The van der Waals surface area contributed by atoms with Gasteiger partial charge >= 0.3 is 5.97 Å². The van der Waals surface area contributed by atoms with Gasteiger partial charge < -0.3 is 4.74 Å². The highest BCUT2D eigenvalue weighted by atomic mass is 32.2. The molecule has 0 saturated carbocycles. The van der Waals surface area contributed by atoms with E-state index in [-0.39, 0.29) is 29.0 Å². The Morgan fingerprint density at radius 3 is 2.55 bits per heavy atom. The van der Waals surface area contributed by atoms with Gasteiger partial charge in [-0.2, -0.15) is 4.31 Å². The molecule has 0 aliphatic carbocycles. The maximum absolute atomic E-state index is 12.6. The van der Waals surface area contributed by atoms with E-state index >= 15 is 0 Å². The first-order valence-electron chi connectivity index (χ1n) is 9.05. The van der Waals surface area contributed by atoms with Crippen LogP contribution < -0.4 is 4.90 Å². The number of carbonyl (C=O) groups excluding carboxylic acids is 2. The molecule has 2 rings (SSSR count). The van der Waals surface area contributed by atoms with Gasteiger partial charge in [0.05, 0.1) is 16.2 Å². The molecule has 0 N–H and O–H groups in total. The average Bonchev–Trinajstić information content (AvgIpc) is 3.14. The molecule has 0 atom stereocenters. The smallest absolute Gasteiger partial charge is 0.338 e. The van der Waals surface area contributed by atoms with Crippen molar-refractivity contribution in [1.82, 2.24) is 9.29 Å².